The highest BCUT2D eigenvalue weighted by Crippen LogP contribution is 2.42. The Bertz CT molecular complexity index is 878. The number of ketones is 1. The lowest BCUT2D eigenvalue weighted by Crippen LogP contribution is -2.35. The van der Waals surface area contributed by atoms with Gasteiger partial charge in [-0.25, -0.2) is 9.18 Å². The number of carbonyl (C=O) groups excluding carboxylic acids is 2. The third-order valence-corrected chi connectivity index (χ3v) is 6.25. The predicted molar refractivity (Wildman–Crippen MR) is 108 cm³/mol. The van der Waals surface area contributed by atoms with Gasteiger partial charge in [0.2, 0.25) is 0 Å². The fourth-order valence-electron chi connectivity index (χ4n) is 4.85. The molecule has 0 saturated heterocycles. The molecular weight excluding hydrogens is 369 g/mol. The number of rotatable bonds is 3. The van der Waals surface area contributed by atoms with E-state index in [1.54, 1.807) is 12.1 Å². The second kappa shape index (κ2) is 8.52. The van der Waals surface area contributed by atoms with Crippen LogP contribution in [0.3, 0.4) is 0 Å². The van der Waals surface area contributed by atoms with Gasteiger partial charge in [-0.15, -0.1) is 0 Å². The minimum Gasteiger partial charge on any atom is -0.459 e. The summed E-state index contributed by atoms with van der Waals surface area (Å²) in [4.78, 5) is 26.1. The maximum Gasteiger partial charge on any atom is 0.337 e. The second-order valence-corrected chi connectivity index (χ2v) is 8.34. The van der Waals surface area contributed by atoms with Gasteiger partial charge in [0.05, 0.1) is 5.57 Å². The van der Waals surface area contributed by atoms with Crippen molar-refractivity contribution in [1.82, 2.24) is 5.32 Å². The van der Waals surface area contributed by atoms with Crippen molar-refractivity contribution in [3.05, 3.63) is 58.2 Å². The maximum atomic E-state index is 14.0. The van der Waals surface area contributed by atoms with Gasteiger partial charge in [0.15, 0.2) is 5.78 Å². The molecule has 5 heteroatoms. The molecule has 0 aromatic heterocycles. The van der Waals surface area contributed by atoms with Gasteiger partial charge in [-0.05, 0) is 63.1 Å². The van der Waals surface area contributed by atoms with E-state index < -0.39 is 5.92 Å². The van der Waals surface area contributed by atoms with E-state index in [-0.39, 0.29) is 23.7 Å². The highest BCUT2D eigenvalue weighted by atomic mass is 19.1. The van der Waals surface area contributed by atoms with Crippen LogP contribution in [0.25, 0.3) is 0 Å². The van der Waals surface area contributed by atoms with Crippen LogP contribution >= 0.6 is 0 Å². The Hall–Kier alpha value is -2.43. The van der Waals surface area contributed by atoms with Crippen LogP contribution in [0.15, 0.2) is 46.8 Å². The molecule has 0 amide bonds. The highest BCUT2D eigenvalue weighted by molar-refractivity contribution is 6.03. The molecule has 1 aromatic rings. The summed E-state index contributed by atoms with van der Waals surface area (Å²) in [5, 5.41) is 3.29. The van der Waals surface area contributed by atoms with Crippen molar-refractivity contribution in [2.75, 3.05) is 0 Å². The molecular formula is C24H28FNO3. The number of hydrogen-bond donors (Lipinski definition) is 1. The molecule has 0 unspecified atom stereocenters. The molecule has 0 spiro atoms. The van der Waals surface area contributed by atoms with Crippen LogP contribution in [0.5, 0.6) is 0 Å². The summed E-state index contributed by atoms with van der Waals surface area (Å²) in [5.74, 6) is -1.31. The molecule has 154 valence electrons. The van der Waals surface area contributed by atoms with Crippen LogP contribution in [-0.4, -0.2) is 17.9 Å². The molecule has 1 heterocycles. The van der Waals surface area contributed by atoms with E-state index in [4.69, 9.17) is 4.74 Å². The number of esters is 1. The normalized spacial score (nSPS) is 23.4. The molecule has 0 radical (unpaired) electrons. The Morgan fingerprint density at radius 2 is 1.86 bits per heavy atom. The summed E-state index contributed by atoms with van der Waals surface area (Å²) in [7, 11) is 0. The summed E-state index contributed by atoms with van der Waals surface area (Å²) >= 11 is 0. The quantitative estimate of drug-likeness (QED) is 0.572. The Morgan fingerprint density at radius 1 is 1.10 bits per heavy atom. The molecule has 3 aliphatic rings. The van der Waals surface area contributed by atoms with E-state index in [1.165, 1.54) is 25.0 Å². The van der Waals surface area contributed by atoms with E-state index in [1.807, 2.05) is 6.92 Å². The number of benzene rings is 1. The summed E-state index contributed by atoms with van der Waals surface area (Å²) < 4.78 is 20.0. The van der Waals surface area contributed by atoms with Crippen LogP contribution in [0.4, 0.5) is 4.39 Å². The average Bonchev–Trinajstić information content (AvgIpc) is 2.95. The van der Waals surface area contributed by atoms with Gasteiger partial charge in [-0.1, -0.05) is 25.0 Å². The zero-order chi connectivity index (χ0) is 20.4. The average molecular weight is 397 g/mol. The largest absolute Gasteiger partial charge is 0.459 e. The molecule has 2 aliphatic carbocycles. The van der Waals surface area contributed by atoms with Gasteiger partial charge in [-0.2, -0.15) is 0 Å². The van der Waals surface area contributed by atoms with E-state index in [0.717, 1.165) is 44.2 Å². The van der Waals surface area contributed by atoms with E-state index in [0.29, 0.717) is 28.8 Å². The van der Waals surface area contributed by atoms with E-state index in [2.05, 4.69) is 5.32 Å². The van der Waals surface area contributed by atoms with Crippen molar-refractivity contribution in [2.45, 2.75) is 76.7 Å². The van der Waals surface area contributed by atoms with Crippen molar-refractivity contribution in [3.63, 3.8) is 0 Å². The first-order valence-electron chi connectivity index (χ1n) is 10.7. The van der Waals surface area contributed by atoms with Crippen LogP contribution in [-0.2, 0) is 14.3 Å². The van der Waals surface area contributed by atoms with Crippen molar-refractivity contribution < 1.29 is 18.7 Å². The van der Waals surface area contributed by atoms with Crippen molar-refractivity contribution >= 4 is 11.8 Å². The smallest absolute Gasteiger partial charge is 0.337 e. The lowest BCUT2D eigenvalue weighted by molar-refractivity contribution is -0.145. The van der Waals surface area contributed by atoms with Gasteiger partial charge in [0.25, 0.3) is 0 Å². The standard InChI is InChI=1S/C24H28FNO3/c1-15-21(24(28)29-18-10-4-2-3-5-11-18)22(16-8-6-9-17(25)14-16)23-19(26-15)12-7-13-20(23)27/h6,8-9,14,18,22,26H,2-5,7,10-13H2,1H3/t22-/m0/s1. The zero-order valence-corrected chi connectivity index (χ0v) is 16.9. The zero-order valence-electron chi connectivity index (χ0n) is 16.9. The fraction of sp³-hybridized carbons (Fsp3) is 0.500. The van der Waals surface area contributed by atoms with Gasteiger partial charge >= 0.3 is 5.97 Å². The lowest BCUT2D eigenvalue weighted by atomic mass is 9.75. The number of nitrogens with one attached hydrogen (secondary N) is 1. The highest BCUT2D eigenvalue weighted by Gasteiger charge is 2.39. The molecule has 0 bridgehead atoms. The first-order chi connectivity index (χ1) is 14.0. The van der Waals surface area contributed by atoms with Gasteiger partial charge in [0, 0.05) is 29.3 Å². The van der Waals surface area contributed by atoms with Crippen molar-refractivity contribution in [3.8, 4) is 0 Å². The van der Waals surface area contributed by atoms with Crippen LogP contribution < -0.4 is 5.32 Å². The lowest BCUT2D eigenvalue weighted by Gasteiger charge is -2.34. The Morgan fingerprint density at radius 3 is 2.59 bits per heavy atom. The predicted octanol–water partition coefficient (Wildman–Crippen LogP) is 5.06. The third kappa shape index (κ3) is 4.14. The fourth-order valence-corrected chi connectivity index (χ4v) is 4.85. The monoisotopic (exact) mass is 397 g/mol. The molecule has 1 aliphatic heterocycles. The SMILES string of the molecule is CC1=C(C(=O)OC2CCCCCC2)[C@H](c2cccc(F)c2)C2=C(CCCC2=O)N1. The molecule has 1 fully saturated rings. The number of halogens is 1. The molecule has 1 atom stereocenters. The molecule has 4 nitrogen and oxygen atoms in total. The van der Waals surface area contributed by atoms with Crippen LogP contribution in [0.1, 0.15) is 76.2 Å². The van der Waals surface area contributed by atoms with Gasteiger partial charge < -0.3 is 10.1 Å². The summed E-state index contributed by atoms with van der Waals surface area (Å²) in [6, 6.07) is 6.22. The Balaban J connectivity index is 1.71. The number of hydrogen-bond acceptors (Lipinski definition) is 4. The minimum absolute atomic E-state index is 0.0280. The molecule has 1 aromatic carbocycles. The Labute approximate surface area is 171 Å². The summed E-state index contributed by atoms with van der Waals surface area (Å²) in [5.41, 5.74) is 3.22. The van der Waals surface area contributed by atoms with E-state index >= 15 is 0 Å². The van der Waals surface area contributed by atoms with Crippen molar-refractivity contribution in [1.29, 1.82) is 0 Å². The number of Topliss-reactive ketones (excluding diaryl/α,β-unsaturated/α-hetero) is 1. The summed E-state index contributed by atoms with van der Waals surface area (Å²) in [6.07, 6.45) is 8.15. The molecule has 4 rings (SSSR count). The van der Waals surface area contributed by atoms with Crippen molar-refractivity contribution in [2.24, 2.45) is 0 Å². The maximum absolute atomic E-state index is 14.0. The number of dihydropyridines is 1. The molecule has 1 saturated carbocycles. The number of ether oxygens (including phenoxy) is 1. The van der Waals surface area contributed by atoms with Gasteiger partial charge in [0.1, 0.15) is 11.9 Å². The van der Waals surface area contributed by atoms with Crippen LogP contribution in [0.2, 0.25) is 0 Å². The first kappa shape index (κ1) is 19.9. The number of carbonyl (C=O) groups is 2. The molecule has 1 N–H and O–H groups in total. The number of allylic oxidation sites excluding steroid dienone is 3. The topological polar surface area (TPSA) is 55.4 Å². The Kier molecular flexibility index (Phi) is 5.84. The second-order valence-electron chi connectivity index (χ2n) is 8.34. The molecule has 29 heavy (non-hydrogen) atoms. The third-order valence-electron chi connectivity index (χ3n) is 6.25. The van der Waals surface area contributed by atoms with Gasteiger partial charge in [-0.3, -0.25) is 4.79 Å². The minimum atomic E-state index is -0.576. The van der Waals surface area contributed by atoms with Crippen LogP contribution in [0, 0.1) is 5.82 Å². The summed E-state index contributed by atoms with van der Waals surface area (Å²) in [6.45, 7) is 1.85. The first-order valence-corrected chi connectivity index (χ1v) is 10.7. The van der Waals surface area contributed by atoms with E-state index in [9.17, 15) is 14.0 Å².